The van der Waals surface area contributed by atoms with Gasteiger partial charge in [0, 0.05) is 0 Å². The first-order valence-corrected chi connectivity index (χ1v) is 11.5. The molecular weight excluding hydrogens is 412 g/mol. The topological polar surface area (TPSA) is 58.9 Å². The fraction of sp³-hybridized carbons (Fsp3) is 0.379. The first-order chi connectivity index (χ1) is 15.9. The second-order valence-corrected chi connectivity index (χ2v) is 8.50. The van der Waals surface area contributed by atoms with E-state index in [1.165, 1.54) is 0 Å². The minimum atomic E-state index is -0.156. The molecule has 1 aliphatic rings. The maximum Gasteiger partial charge on any atom is 0.118 e. The van der Waals surface area contributed by atoms with Gasteiger partial charge in [0.05, 0.1) is 26.4 Å². The third kappa shape index (κ3) is 8.91. The summed E-state index contributed by atoms with van der Waals surface area (Å²) in [7, 11) is 1.65. The van der Waals surface area contributed by atoms with Crippen LogP contribution in [0.2, 0.25) is 0 Å². The molecule has 0 aromatic heterocycles. The van der Waals surface area contributed by atoms with Crippen LogP contribution in [-0.2, 0) is 11.3 Å². The molecule has 1 aromatic carbocycles. The van der Waals surface area contributed by atoms with E-state index in [0.717, 1.165) is 46.4 Å². The Bertz CT molecular complexity index is 942. The van der Waals surface area contributed by atoms with Crippen LogP contribution in [0.5, 0.6) is 5.75 Å². The highest BCUT2D eigenvalue weighted by atomic mass is 16.5. The summed E-state index contributed by atoms with van der Waals surface area (Å²) in [6, 6.07) is 7.83. The molecule has 0 bridgehead atoms. The summed E-state index contributed by atoms with van der Waals surface area (Å²) >= 11 is 0. The van der Waals surface area contributed by atoms with E-state index >= 15 is 0 Å². The monoisotopic (exact) mass is 450 g/mol. The second kappa shape index (κ2) is 13.7. The van der Waals surface area contributed by atoms with Gasteiger partial charge in [-0.3, -0.25) is 0 Å². The van der Waals surface area contributed by atoms with Crippen molar-refractivity contribution < 1.29 is 19.7 Å². The van der Waals surface area contributed by atoms with Crippen LogP contribution in [0.25, 0.3) is 0 Å². The first kappa shape index (κ1) is 26.4. The molecule has 2 N–H and O–H groups in total. The van der Waals surface area contributed by atoms with Crippen LogP contribution >= 0.6 is 0 Å². The molecule has 0 fully saturated rings. The van der Waals surface area contributed by atoms with Gasteiger partial charge in [-0.15, -0.1) is 0 Å². The van der Waals surface area contributed by atoms with Crippen molar-refractivity contribution in [2.24, 2.45) is 5.92 Å². The van der Waals surface area contributed by atoms with Crippen molar-refractivity contribution in [2.45, 2.75) is 53.2 Å². The lowest BCUT2D eigenvalue weighted by atomic mass is 9.96. The zero-order valence-corrected chi connectivity index (χ0v) is 20.5. The van der Waals surface area contributed by atoms with E-state index in [-0.39, 0.29) is 24.4 Å². The summed E-state index contributed by atoms with van der Waals surface area (Å²) < 4.78 is 11.5. The number of benzene rings is 1. The number of allylic oxidation sites excluding steroid dienone is 8. The summed E-state index contributed by atoms with van der Waals surface area (Å²) in [4.78, 5) is 0. The van der Waals surface area contributed by atoms with Gasteiger partial charge in [0.25, 0.3) is 0 Å². The van der Waals surface area contributed by atoms with Gasteiger partial charge in [-0.05, 0) is 91.7 Å². The van der Waals surface area contributed by atoms with Crippen molar-refractivity contribution in [2.75, 3.05) is 13.7 Å². The maximum absolute atomic E-state index is 10.5. The lowest BCUT2D eigenvalue weighted by Crippen LogP contribution is -2.13. The molecular formula is C29H38O4. The number of hydrogen-bond donors (Lipinski definition) is 2. The third-order valence-corrected chi connectivity index (χ3v) is 5.66. The first-order valence-electron chi connectivity index (χ1n) is 11.5. The standard InChI is InChI=1S/C29H38O4/c1-6-7-29-22(3)9-10-25(19-30)18-28(13-8-21(2)16-26(31)17-23(29)4)33-20-24-11-14-27(32-5)15-12-24/h6-7,9-12,14-18,21,28,30-31H,8,13,19-20H2,1-5H3/b7-6+,10-9+,23-17-,25-18-,26-16?,29-22-/t21?,28-/m0/s1. The second-order valence-electron chi connectivity index (χ2n) is 8.50. The lowest BCUT2D eigenvalue weighted by Gasteiger charge is -2.18. The molecule has 4 nitrogen and oxygen atoms in total. The number of aliphatic hydroxyl groups excluding tert-OH is 2. The van der Waals surface area contributed by atoms with E-state index < -0.39 is 0 Å². The summed E-state index contributed by atoms with van der Waals surface area (Å²) in [6.07, 6.45) is 15.2. The number of aliphatic hydroxyl groups is 2. The Morgan fingerprint density at radius 1 is 1.06 bits per heavy atom. The molecule has 0 saturated carbocycles. The van der Waals surface area contributed by atoms with Gasteiger partial charge >= 0.3 is 0 Å². The molecule has 0 saturated heterocycles. The van der Waals surface area contributed by atoms with Crippen LogP contribution in [0.3, 0.4) is 0 Å². The smallest absolute Gasteiger partial charge is 0.118 e. The zero-order chi connectivity index (χ0) is 24.2. The van der Waals surface area contributed by atoms with Crippen LogP contribution < -0.4 is 4.74 Å². The van der Waals surface area contributed by atoms with Crippen LogP contribution in [0, 0.1) is 5.92 Å². The summed E-state index contributed by atoms with van der Waals surface area (Å²) in [5.41, 5.74) is 4.96. The van der Waals surface area contributed by atoms with Gasteiger partial charge in [0.15, 0.2) is 0 Å². The molecule has 1 aliphatic carbocycles. The fourth-order valence-electron chi connectivity index (χ4n) is 3.75. The maximum atomic E-state index is 10.5. The van der Waals surface area contributed by atoms with Gasteiger partial charge in [0.2, 0.25) is 0 Å². The molecule has 0 spiro atoms. The average Bonchev–Trinajstić information content (AvgIpc) is 2.80. The number of rotatable bonds is 6. The zero-order valence-electron chi connectivity index (χ0n) is 20.5. The Labute approximate surface area is 198 Å². The predicted molar refractivity (Wildman–Crippen MR) is 136 cm³/mol. The molecule has 4 heteroatoms. The normalized spacial score (nSPS) is 27.2. The van der Waals surface area contributed by atoms with Gasteiger partial charge in [-0.1, -0.05) is 49.4 Å². The van der Waals surface area contributed by atoms with Gasteiger partial charge in [-0.25, -0.2) is 0 Å². The van der Waals surface area contributed by atoms with Crippen molar-refractivity contribution in [1.29, 1.82) is 0 Å². The van der Waals surface area contributed by atoms with Crippen molar-refractivity contribution in [1.82, 2.24) is 0 Å². The van der Waals surface area contributed by atoms with E-state index in [4.69, 9.17) is 9.47 Å². The van der Waals surface area contributed by atoms with E-state index in [1.54, 1.807) is 7.11 Å². The van der Waals surface area contributed by atoms with E-state index in [9.17, 15) is 10.2 Å². The van der Waals surface area contributed by atoms with Gasteiger partial charge in [0.1, 0.15) is 11.5 Å². The summed E-state index contributed by atoms with van der Waals surface area (Å²) in [5, 5.41) is 20.5. The minimum Gasteiger partial charge on any atom is -0.508 e. The van der Waals surface area contributed by atoms with Crippen molar-refractivity contribution in [3.05, 3.63) is 100 Å². The Kier molecular flexibility index (Phi) is 10.9. The van der Waals surface area contributed by atoms with Crippen molar-refractivity contribution >= 4 is 0 Å². The van der Waals surface area contributed by atoms with Gasteiger partial charge < -0.3 is 19.7 Å². The Morgan fingerprint density at radius 2 is 1.79 bits per heavy atom. The molecule has 0 heterocycles. The average molecular weight is 451 g/mol. The number of methoxy groups -OCH3 is 1. The predicted octanol–water partition coefficient (Wildman–Crippen LogP) is 6.77. The lowest BCUT2D eigenvalue weighted by molar-refractivity contribution is 0.0627. The molecule has 2 rings (SSSR count). The molecule has 178 valence electrons. The SMILES string of the molecule is C/C=C/C1=C(C)/C=C/C(CO)=C/[C@@H](OCc2ccc(OC)cc2)CCC(C)C=C(O)/C=C\1C. The molecule has 1 aromatic rings. The number of hydrogen-bond acceptors (Lipinski definition) is 4. The quantitative estimate of drug-likeness (QED) is 0.502. The molecule has 0 radical (unpaired) electrons. The van der Waals surface area contributed by atoms with Crippen LogP contribution in [-0.4, -0.2) is 30.0 Å². The minimum absolute atomic E-state index is 0.0593. The Hall–Kier alpha value is -2.82. The summed E-state index contributed by atoms with van der Waals surface area (Å²) in [6.45, 7) is 8.51. The Morgan fingerprint density at radius 3 is 2.42 bits per heavy atom. The van der Waals surface area contributed by atoms with Gasteiger partial charge in [-0.2, -0.15) is 0 Å². The van der Waals surface area contributed by atoms with E-state index in [0.29, 0.717) is 6.61 Å². The highest BCUT2D eigenvalue weighted by Gasteiger charge is 2.12. The van der Waals surface area contributed by atoms with E-state index in [2.05, 4.69) is 6.92 Å². The fourth-order valence-corrected chi connectivity index (χ4v) is 3.75. The largest absolute Gasteiger partial charge is 0.508 e. The third-order valence-electron chi connectivity index (χ3n) is 5.66. The highest BCUT2D eigenvalue weighted by molar-refractivity contribution is 5.48. The van der Waals surface area contributed by atoms with Crippen molar-refractivity contribution in [3.8, 4) is 5.75 Å². The molecule has 0 amide bonds. The number of ether oxygens (including phenoxy) is 2. The highest BCUT2D eigenvalue weighted by Crippen LogP contribution is 2.23. The molecule has 0 aliphatic heterocycles. The van der Waals surface area contributed by atoms with Crippen LogP contribution in [0.1, 0.15) is 46.1 Å². The van der Waals surface area contributed by atoms with E-state index in [1.807, 2.05) is 87.6 Å². The van der Waals surface area contributed by atoms with Crippen LogP contribution in [0.4, 0.5) is 0 Å². The molecule has 1 unspecified atom stereocenters. The van der Waals surface area contributed by atoms with Crippen LogP contribution in [0.15, 0.2) is 94.8 Å². The Balaban J connectivity index is 2.36. The van der Waals surface area contributed by atoms with Crippen molar-refractivity contribution in [3.63, 3.8) is 0 Å². The molecule has 33 heavy (non-hydrogen) atoms. The summed E-state index contributed by atoms with van der Waals surface area (Å²) in [5.74, 6) is 1.27. The molecule has 2 atom stereocenters.